The lowest BCUT2D eigenvalue weighted by Gasteiger charge is -2.33. The number of carbonyl (C=O) groups excluding carboxylic acids is 2. The predicted molar refractivity (Wildman–Crippen MR) is 167 cm³/mol. The lowest BCUT2D eigenvalue weighted by atomic mass is 10.1. The maximum absolute atomic E-state index is 14.1. The lowest BCUT2D eigenvalue weighted by molar-refractivity contribution is -0.139. The lowest BCUT2D eigenvalue weighted by Crippen LogP contribution is -2.54. The number of aryl methyl sites for hydroxylation is 1. The molecule has 0 unspecified atom stereocenters. The summed E-state index contributed by atoms with van der Waals surface area (Å²) in [6.07, 6.45) is 1.66. The first-order valence-corrected chi connectivity index (χ1v) is 16.0. The number of rotatable bonds is 15. The average Bonchev–Trinajstić information content (AvgIpc) is 2.99. The van der Waals surface area contributed by atoms with Crippen molar-refractivity contribution in [1.82, 2.24) is 10.2 Å². The van der Waals surface area contributed by atoms with E-state index in [1.807, 2.05) is 77.1 Å². The second kappa shape index (κ2) is 15.4. The standard InChI is InChI=1S/C33H43N3O5S/c1-6-26(5)34-33(38)31(7-2)35(23-22-27-12-10-9-11-13-27)32(37)24-36(28-16-14-25(4)15-17-28)42(39,40)30-20-18-29(19-21-30)41-8-3/h9-21,26,31H,6-8,22-24H2,1-5H3,(H,34,38)/t26-,31+/m0/s1. The molecule has 0 saturated carbocycles. The van der Waals surface area contributed by atoms with E-state index in [2.05, 4.69) is 5.32 Å². The molecular formula is C33H43N3O5S. The molecule has 0 aliphatic carbocycles. The van der Waals surface area contributed by atoms with Crippen molar-refractivity contribution in [2.45, 2.75) is 70.9 Å². The molecule has 42 heavy (non-hydrogen) atoms. The molecule has 3 aromatic carbocycles. The van der Waals surface area contributed by atoms with Crippen LogP contribution in [0.25, 0.3) is 0 Å². The van der Waals surface area contributed by atoms with Crippen molar-refractivity contribution < 1.29 is 22.7 Å². The van der Waals surface area contributed by atoms with Gasteiger partial charge in [0.25, 0.3) is 10.0 Å². The van der Waals surface area contributed by atoms with Gasteiger partial charge in [-0.1, -0.05) is 61.9 Å². The van der Waals surface area contributed by atoms with Gasteiger partial charge in [-0.05, 0) is 82.0 Å². The van der Waals surface area contributed by atoms with E-state index >= 15 is 0 Å². The maximum Gasteiger partial charge on any atom is 0.264 e. The Balaban J connectivity index is 2.00. The first-order valence-electron chi connectivity index (χ1n) is 14.6. The predicted octanol–water partition coefficient (Wildman–Crippen LogP) is 5.35. The summed E-state index contributed by atoms with van der Waals surface area (Å²) < 4.78 is 34.6. The SMILES string of the molecule is CCOc1ccc(S(=O)(=O)N(CC(=O)N(CCc2ccccc2)[C@H](CC)C(=O)N[C@@H](C)CC)c2ccc(C)cc2)cc1. The number of anilines is 1. The fourth-order valence-electron chi connectivity index (χ4n) is 4.58. The van der Waals surface area contributed by atoms with Crippen LogP contribution in [0.5, 0.6) is 5.75 Å². The highest BCUT2D eigenvalue weighted by molar-refractivity contribution is 7.92. The number of carbonyl (C=O) groups is 2. The third-order valence-corrected chi connectivity index (χ3v) is 8.98. The topological polar surface area (TPSA) is 96.0 Å². The monoisotopic (exact) mass is 593 g/mol. The van der Waals surface area contributed by atoms with E-state index in [4.69, 9.17) is 4.74 Å². The van der Waals surface area contributed by atoms with E-state index < -0.39 is 28.5 Å². The van der Waals surface area contributed by atoms with Gasteiger partial charge in [-0.15, -0.1) is 0 Å². The number of benzene rings is 3. The number of nitrogens with one attached hydrogen (secondary N) is 1. The Morgan fingerprint density at radius 2 is 1.52 bits per heavy atom. The molecule has 3 rings (SSSR count). The van der Waals surface area contributed by atoms with Gasteiger partial charge >= 0.3 is 0 Å². The van der Waals surface area contributed by atoms with E-state index in [1.165, 1.54) is 17.0 Å². The minimum atomic E-state index is -4.14. The molecule has 9 heteroatoms. The molecule has 2 amide bonds. The van der Waals surface area contributed by atoms with Crippen molar-refractivity contribution in [1.29, 1.82) is 0 Å². The van der Waals surface area contributed by atoms with E-state index in [0.717, 1.165) is 21.9 Å². The van der Waals surface area contributed by atoms with Crippen LogP contribution >= 0.6 is 0 Å². The minimum absolute atomic E-state index is 0.0386. The van der Waals surface area contributed by atoms with Crippen molar-refractivity contribution in [2.24, 2.45) is 0 Å². The summed E-state index contributed by atoms with van der Waals surface area (Å²) in [6, 6.07) is 22.1. The third kappa shape index (κ3) is 8.58. The number of hydrogen-bond donors (Lipinski definition) is 1. The number of amides is 2. The zero-order valence-electron chi connectivity index (χ0n) is 25.2. The minimum Gasteiger partial charge on any atom is -0.494 e. The van der Waals surface area contributed by atoms with Gasteiger partial charge in [0.2, 0.25) is 11.8 Å². The van der Waals surface area contributed by atoms with E-state index in [9.17, 15) is 18.0 Å². The Kier molecular flexibility index (Phi) is 12.0. The van der Waals surface area contributed by atoms with Crippen molar-refractivity contribution in [3.8, 4) is 5.75 Å². The van der Waals surface area contributed by atoms with Gasteiger partial charge in [0.05, 0.1) is 17.2 Å². The van der Waals surface area contributed by atoms with Crippen LogP contribution < -0.4 is 14.4 Å². The fraction of sp³-hybridized carbons (Fsp3) is 0.394. The summed E-state index contributed by atoms with van der Waals surface area (Å²) in [4.78, 5) is 29.0. The van der Waals surface area contributed by atoms with Crippen molar-refractivity contribution in [3.05, 3.63) is 90.0 Å². The normalized spacial score (nSPS) is 12.7. The summed E-state index contributed by atoms with van der Waals surface area (Å²) in [5, 5.41) is 3.00. The van der Waals surface area contributed by atoms with Crippen LogP contribution in [0, 0.1) is 6.92 Å². The molecule has 0 radical (unpaired) electrons. The zero-order chi connectivity index (χ0) is 30.7. The zero-order valence-corrected chi connectivity index (χ0v) is 26.1. The van der Waals surface area contributed by atoms with E-state index in [1.54, 1.807) is 24.3 Å². The maximum atomic E-state index is 14.1. The first-order chi connectivity index (χ1) is 20.1. The Bertz CT molecular complexity index is 1390. The van der Waals surface area contributed by atoms with E-state index in [-0.39, 0.29) is 23.4 Å². The number of nitrogens with zero attached hydrogens (tertiary/aromatic N) is 2. The molecule has 0 heterocycles. The summed E-state index contributed by atoms with van der Waals surface area (Å²) in [6.45, 7) is 9.79. The Morgan fingerprint density at radius 3 is 2.10 bits per heavy atom. The third-order valence-electron chi connectivity index (χ3n) is 7.19. The van der Waals surface area contributed by atoms with Gasteiger partial charge in [-0.25, -0.2) is 8.42 Å². The fourth-order valence-corrected chi connectivity index (χ4v) is 5.99. The van der Waals surface area contributed by atoms with Crippen LogP contribution in [-0.2, 0) is 26.0 Å². The van der Waals surface area contributed by atoms with Gasteiger partial charge in [0.1, 0.15) is 18.3 Å². The molecule has 226 valence electrons. The number of hydrogen-bond acceptors (Lipinski definition) is 5. The molecule has 1 N–H and O–H groups in total. The second-order valence-corrected chi connectivity index (χ2v) is 12.2. The van der Waals surface area contributed by atoms with Gasteiger partial charge < -0.3 is 15.0 Å². The summed E-state index contributed by atoms with van der Waals surface area (Å²) in [7, 11) is -4.14. The molecule has 0 fully saturated rings. The van der Waals surface area contributed by atoms with Crippen molar-refractivity contribution >= 4 is 27.5 Å². The molecular weight excluding hydrogens is 550 g/mol. The number of sulfonamides is 1. The van der Waals surface area contributed by atoms with Gasteiger partial charge in [-0.3, -0.25) is 13.9 Å². The van der Waals surface area contributed by atoms with Gasteiger partial charge in [-0.2, -0.15) is 0 Å². The second-order valence-electron chi connectivity index (χ2n) is 10.3. The Labute approximate surface area is 250 Å². The molecule has 0 aromatic heterocycles. The smallest absolute Gasteiger partial charge is 0.264 e. The molecule has 0 spiro atoms. The molecule has 0 saturated heterocycles. The Hall–Kier alpha value is -3.85. The highest BCUT2D eigenvalue weighted by Crippen LogP contribution is 2.26. The van der Waals surface area contributed by atoms with E-state index in [0.29, 0.717) is 30.9 Å². The van der Waals surface area contributed by atoms with Crippen LogP contribution in [0.4, 0.5) is 5.69 Å². The van der Waals surface area contributed by atoms with Crippen molar-refractivity contribution in [3.63, 3.8) is 0 Å². The van der Waals surface area contributed by atoms with Crippen LogP contribution in [0.2, 0.25) is 0 Å². The van der Waals surface area contributed by atoms with Crippen molar-refractivity contribution in [2.75, 3.05) is 24.0 Å². The molecule has 8 nitrogen and oxygen atoms in total. The van der Waals surface area contributed by atoms with Crippen LogP contribution in [0.15, 0.2) is 83.8 Å². The summed E-state index contributed by atoms with van der Waals surface area (Å²) in [5.74, 6) is -0.142. The van der Waals surface area contributed by atoms with Crippen LogP contribution in [0.3, 0.4) is 0 Å². The van der Waals surface area contributed by atoms with Crippen LogP contribution in [-0.4, -0.2) is 56.9 Å². The highest BCUT2D eigenvalue weighted by Gasteiger charge is 2.33. The largest absolute Gasteiger partial charge is 0.494 e. The molecule has 2 atom stereocenters. The molecule has 0 aliphatic rings. The van der Waals surface area contributed by atoms with Crippen LogP contribution in [0.1, 0.15) is 51.7 Å². The summed E-state index contributed by atoms with van der Waals surface area (Å²) in [5.41, 5.74) is 2.34. The Morgan fingerprint density at radius 1 is 0.881 bits per heavy atom. The quantitative estimate of drug-likeness (QED) is 0.256. The first kappa shape index (κ1) is 32.7. The average molecular weight is 594 g/mol. The van der Waals surface area contributed by atoms with Gasteiger partial charge in [0, 0.05) is 12.6 Å². The van der Waals surface area contributed by atoms with Gasteiger partial charge in [0.15, 0.2) is 0 Å². The molecule has 0 bridgehead atoms. The molecule has 0 aliphatic heterocycles. The molecule has 3 aromatic rings. The number of ether oxygens (including phenoxy) is 1. The summed E-state index contributed by atoms with van der Waals surface area (Å²) >= 11 is 0. The highest BCUT2D eigenvalue weighted by atomic mass is 32.2.